The lowest BCUT2D eigenvalue weighted by Gasteiger charge is -2.23. The number of furan rings is 1. The molecule has 9 heteroatoms. The van der Waals surface area contributed by atoms with Crippen molar-refractivity contribution < 1.29 is 14.0 Å². The molecule has 2 aromatic rings. The summed E-state index contributed by atoms with van der Waals surface area (Å²) in [6, 6.07) is 5.66. The minimum atomic E-state index is 0.0754. The molecule has 0 atom stereocenters. The van der Waals surface area contributed by atoms with Crippen molar-refractivity contribution in [1.29, 1.82) is 5.26 Å². The van der Waals surface area contributed by atoms with Gasteiger partial charge in [0.2, 0.25) is 17.8 Å². The first-order valence-electron chi connectivity index (χ1n) is 11.4. The molecule has 2 fully saturated rings. The molecule has 1 aromatic carbocycles. The summed E-state index contributed by atoms with van der Waals surface area (Å²) in [4.78, 5) is 31.3. The highest BCUT2D eigenvalue weighted by atomic mass is 16.3. The summed E-state index contributed by atoms with van der Waals surface area (Å²) in [7, 11) is 0. The lowest BCUT2D eigenvalue weighted by molar-refractivity contribution is -0.139. The number of carbonyl (C=O) groups excluding carboxylic acids is 2. The number of guanidine groups is 1. The highest BCUT2D eigenvalue weighted by Gasteiger charge is 2.23. The molecule has 4 rings (SSSR count). The minimum absolute atomic E-state index is 0.0754. The van der Waals surface area contributed by atoms with Crippen LogP contribution >= 0.6 is 0 Å². The quantitative estimate of drug-likeness (QED) is 0.319. The molecule has 0 spiro atoms. The van der Waals surface area contributed by atoms with Gasteiger partial charge in [0.25, 0.3) is 0 Å². The van der Waals surface area contributed by atoms with E-state index >= 15 is 0 Å². The number of amides is 2. The molecule has 3 N–H and O–H groups in total. The first-order chi connectivity index (χ1) is 15.9. The van der Waals surface area contributed by atoms with Gasteiger partial charge in [-0.05, 0) is 63.3 Å². The molecule has 2 amide bonds. The van der Waals surface area contributed by atoms with Crippen molar-refractivity contribution in [2.45, 2.75) is 52.4 Å². The largest absolute Gasteiger partial charge is 0.461 e. The summed E-state index contributed by atoms with van der Waals surface area (Å²) in [6.45, 7) is 6.66. The molecule has 9 nitrogen and oxygen atoms in total. The summed E-state index contributed by atoms with van der Waals surface area (Å²) in [5, 5.41) is 11.7. The molecule has 0 unspecified atom stereocenters. The maximum Gasteiger partial charge on any atom is 0.242 e. The fourth-order valence-electron chi connectivity index (χ4n) is 4.16. The third-order valence-corrected chi connectivity index (χ3v) is 5.80. The Hall–Kier alpha value is -3.54. The number of aryl methyl sites for hydroxylation is 2. The van der Waals surface area contributed by atoms with Crippen molar-refractivity contribution in [1.82, 2.24) is 15.1 Å². The number of nitrogens with two attached hydrogens (primary N) is 1. The normalized spacial score (nSPS) is 16.8. The van der Waals surface area contributed by atoms with Crippen LogP contribution < -0.4 is 11.1 Å². The van der Waals surface area contributed by atoms with Gasteiger partial charge in [0, 0.05) is 31.4 Å². The lowest BCUT2D eigenvalue weighted by atomic mass is 10.1. The van der Waals surface area contributed by atoms with Crippen LogP contribution in [0.4, 0.5) is 5.69 Å². The number of aliphatic imine (C=N–C) groups is 1. The van der Waals surface area contributed by atoms with Crippen molar-refractivity contribution in [2.75, 3.05) is 26.2 Å². The van der Waals surface area contributed by atoms with E-state index in [1.165, 1.54) is 0 Å². The summed E-state index contributed by atoms with van der Waals surface area (Å²) < 4.78 is 5.56. The van der Waals surface area contributed by atoms with Gasteiger partial charge < -0.3 is 20.0 Å². The molecule has 0 bridgehead atoms. The number of nitrogens with zero attached hydrogens (tertiary/aromatic N) is 4. The molecule has 0 aliphatic carbocycles. The van der Waals surface area contributed by atoms with Crippen LogP contribution in [-0.2, 0) is 9.59 Å². The van der Waals surface area contributed by atoms with E-state index in [9.17, 15) is 9.59 Å². The molecule has 0 saturated carbocycles. The van der Waals surface area contributed by atoms with Crippen LogP contribution in [0.2, 0.25) is 0 Å². The van der Waals surface area contributed by atoms with Gasteiger partial charge in [0.15, 0.2) is 6.19 Å². The Morgan fingerprint density at radius 1 is 1.15 bits per heavy atom. The first kappa shape index (κ1) is 24.1. The Bertz CT molecular complexity index is 1060. The van der Waals surface area contributed by atoms with Crippen molar-refractivity contribution in [3.8, 4) is 6.19 Å². The van der Waals surface area contributed by atoms with Crippen LogP contribution in [0.25, 0.3) is 11.0 Å². The second kappa shape index (κ2) is 11.4. The van der Waals surface area contributed by atoms with Crippen LogP contribution in [0.15, 0.2) is 27.6 Å². The van der Waals surface area contributed by atoms with E-state index in [1.54, 1.807) is 11.1 Å². The zero-order chi connectivity index (χ0) is 23.8. The van der Waals surface area contributed by atoms with E-state index in [2.05, 4.69) is 10.3 Å². The molecule has 2 aliphatic heterocycles. The van der Waals surface area contributed by atoms with Crippen LogP contribution in [0.1, 0.15) is 49.8 Å². The smallest absolute Gasteiger partial charge is 0.242 e. The van der Waals surface area contributed by atoms with E-state index in [0.717, 1.165) is 74.0 Å². The molecule has 2 aliphatic rings. The fourth-order valence-corrected chi connectivity index (χ4v) is 4.16. The van der Waals surface area contributed by atoms with Crippen LogP contribution in [-0.4, -0.2) is 53.8 Å². The zero-order valence-electron chi connectivity index (χ0n) is 19.4. The van der Waals surface area contributed by atoms with Crippen molar-refractivity contribution in [2.24, 2.45) is 10.7 Å². The highest BCUT2D eigenvalue weighted by molar-refractivity contribution is 5.88. The van der Waals surface area contributed by atoms with Crippen molar-refractivity contribution >= 4 is 34.4 Å². The van der Waals surface area contributed by atoms with Crippen LogP contribution in [0.3, 0.4) is 0 Å². The number of rotatable bonds is 3. The van der Waals surface area contributed by atoms with Gasteiger partial charge in [-0.15, -0.1) is 0 Å². The molecule has 2 saturated heterocycles. The van der Waals surface area contributed by atoms with Gasteiger partial charge in [-0.25, -0.2) is 4.99 Å². The third-order valence-electron chi connectivity index (χ3n) is 5.80. The van der Waals surface area contributed by atoms with Gasteiger partial charge in [-0.2, -0.15) is 5.26 Å². The standard InChI is InChI=1S/C12H12N4O.C12H20N2O2/c1-7-3-10(16-12(14)15-6-13)5-9-4-8(2)17-11(7)9;15-11-6-2-1-3-9-14(11)10-12(16)13-7-4-5-8-13/h3-5H,1-2H3,(H3,14,15,16);1-10H2. The summed E-state index contributed by atoms with van der Waals surface area (Å²) >= 11 is 0. The molecule has 1 aromatic heterocycles. The third kappa shape index (κ3) is 6.72. The van der Waals surface area contributed by atoms with Crippen LogP contribution in [0.5, 0.6) is 0 Å². The summed E-state index contributed by atoms with van der Waals surface area (Å²) in [5.74, 6) is 1.22. The number of nitrogens with one attached hydrogen (secondary N) is 1. The molecule has 176 valence electrons. The van der Waals surface area contributed by atoms with Crippen molar-refractivity contribution in [3.05, 3.63) is 29.5 Å². The molecular weight excluding hydrogens is 420 g/mol. The molecule has 0 radical (unpaired) electrons. The Morgan fingerprint density at radius 2 is 1.88 bits per heavy atom. The predicted molar refractivity (Wildman–Crippen MR) is 127 cm³/mol. The predicted octanol–water partition coefficient (Wildman–Crippen LogP) is 3.08. The summed E-state index contributed by atoms with van der Waals surface area (Å²) in [5.41, 5.74) is 8.04. The molecule has 3 heterocycles. The van der Waals surface area contributed by atoms with Gasteiger partial charge >= 0.3 is 0 Å². The van der Waals surface area contributed by atoms with E-state index in [0.29, 0.717) is 18.7 Å². The van der Waals surface area contributed by atoms with E-state index in [1.807, 2.05) is 36.9 Å². The number of hydrogen-bond acceptors (Lipinski definition) is 5. The zero-order valence-corrected chi connectivity index (χ0v) is 19.4. The highest BCUT2D eigenvalue weighted by Crippen LogP contribution is 2.27. The van der Waals surface area contributed by atoms with Crippen molar-refractivity contribution in [3.63, 3.8) is 0 Å². The Morgan fingerprint density at radius 3 is 2.61 bits per heavy atom. The van der Waals surface area contributed by atoms with E-state index in [-0.39, 0.29) is 17.8 Å². The van der Waals surface area contributed by atoms with Gasteiger partial charge in [0.05, 0.1) is 12.2 Å². The lowest BCUT2D eigenvalue weighted by Crippen LogP contribution is -2.41. The minimum Gasteiger partial charge on any atom is -0.461 e. The maximum atomic E-state index is 11.9. The molecule has 33 heavy (non-hydrogen) atoms. The fraction of sp³-hybridized carbons (Fsp3) is 0.500. The topological polar surface area (TPSA) is 128 Å². The number of likely N-dealkylation sites (tertiary alicyclic amines) is 2. The molecular formula is C24H32N6O3. The Kier molecular flexibility index (Phi) is 8.30. The second-order valence-corrected chi connectivity index (χ2v) is 8.49. The van der Waals surface area contributed by atoms with Gasteiger partial charge in [-0.3, -0.25) is 14.9 Å². The number of fused-ring (bicyclic) bond motifs is 1. The average Bonchev–Trinajstić information content (AvgIpc) is 3.38. The number of hydrogen-bond donors (Lipinski definition) is 2. The van der Waals surface area contributed by atoms with Gasteiger partial charge in [-0.1, -0.05) is 6.42 Å². The SMILES string of the molecule is Cc1cc2cc(N=C(N)NC#N)cc(C)c2o1.O=C(CN1CCCCCC1=O)N1CCCC1. The number of nitriles is 1. The average molecular weight is 453 g/mol. The number of benzene rings is 1. The summed E-state index contributed by atoms with van der Waals surface area (Å²) in [6.07, 6.45) is 7.69. The van der Waals surface area contributed by atoms with E-state index < -0.39 is 0 Å². The maximum absolute atomic E-state index is 11.9. The van der Waals surface area contributed by atoms with Gasteiger partial charge in [0.1, 0.15) is 11.3 Å². The Balaban J connectivity index is 0.000000186. The van der Waals surface area contributed by atoms with Crippen LogP contribution in [0, 0.1) is 25.3 Å². The monoisotopic (exact) mass is 452 g/mol. The number of carbonyl (C=O) groups is 2. The second-order valence-electron chi connectivity index (χ2n) is 8.49. The van der Waals surface area contributed by atoms with E-state index in [4.69, 9.17) is 15.4 Å². The first-order valence-corrected chi connectivity index (χ1v) is 11.4. The Labute approximate surface area is 194 Å².